The summed E-state index contributed by atoms with van der Waals surface area (Å²) in [6.45, 7) is 12.5. The molecule has 6 heteroatoms. The second-order valence-electron chi connectivity index (χ2n) is 9.78. The average molecular weight is 508 g/mol. The van der Waals surface area contributed by atoms with Gasteiger partial charge >= 0.3 is 0 Å². The maximum Gasteiger partial charge on any atom is 0.217 e. The highest BCUT2D eigenvalue weighted by Crippen LogP contribution is 2.11. The van der Waals surface area contributed by atoms with Crippen LogP contribution in [-0.2, 0) is 14.6 Å². The van der Waals surface area contributed by atoms with Crippen LogP contribution in [0.5, 0.6) is 0 Å². The van der Waals surface area contributed by atoms with Gasteiger partial charge in [0.15, 0.2) is 0 Å². The number of nitrogens with one attached hydrogen (secondary N) is 1. The zero-order valence-electron chi connectivity index (χ0n) is 23.5. The molecule has 0 saturated carbocycles. The van der Waals surface area contributed by atoms with Gasteiger partial charge < -0.3 is 9.45 Å². The lowest BCUT2D eigenvalue weighted by Crippen LogP contribution is -3.11. The lowest BCUT2D eigenvalue weighted by atomic mass is 10.1. The molecule has 0 aromatic heterocycles. The van der Waals surface area contributed by atoms with Gasteiger partial charge in [0, 0.05) is 0 Å². The number of hydrogen-bond donors (Lipinski definition) is 1. The summed E-state index contributed by atoms with van der Waals surface area (Å²) >= 11 is 0. The smallest absolute Gasteiger partial charge is 0.217 e. The Hall–Kier alpha value is -0.170. The fourth-order valence-corrected chi connectivity index (χ4v) is 4.64. The molecule has 0 aliphatic heterocycles. The second kappa shape index (κ2) is 29.1. The van der Waals surface area contributed by atoms with Crippen LogP contribution in [0.1, 0.15) is 156 Å². The van der Waals surface area contributed by atoms with E-state index in [9.17, 15) is 13.0 Å². The quantitative estimate of drug-likeness (QED) is 0.0804. The van der Waals surface area contributed by atoms with Gasteiger partial charge in [0.1, 0.15) is 0 Å². The molecule has 0 heterocycles. The van der Waals surface area contributed by atoms with Gasteiger partial charge in [-0.05, 0) is 39.5 Å². The Morgan fingerprint density at radius 1 is 0.529 bits per heavy atom. The highest BCUT2D eigenvalue weighted by Gasteiger charge is 2.05. The predicted molar refractivity (Wildman–Crippen MR) is 146 cm³/mol. The molecule has 0 fully saturated rings. The van der Waals surface area contributed by atoms with Crippen LogP contribution in [0.25, 0.3) is 0 Å². The first-order chi connectivity index (χ1) is 16.4. The largest absolute Gasteiger partial charge is 0.726 e. The highest BCUT2D eigenvalue weighted by molar-refractivity contribution is 7.80. The van der Waals surface area contributed by atoms with Crippen molar-refractivity contribution < 1.29 is 22.1 Å². The van der Waals surface area contributed by atoms with Gasteiger partial charge in [-0.1, -0.05) is 117 Å². The number of unbranched alkanes of at least 4 members (excludes halogenated alkanes) is 18. The SMILES string of the molecule is CCCCCCCCCCCC[NH+](CC)CCCCCCCCCCCC.CCOS(=O)(=O)[O-]. The van der Waals surface area contributed by atoms with Crippen molar-refractivity contribution in [3.05, 3.63) is 0 Å². The molecule has 0 saturated heterocycles. The second-order valence-corrected chi connectivity index (χ2v) is 10.8. The van der Waals surface area contributed by atoms with Crippen molar-refractivity contribution in [3.8, 4) is 0 Å². The monoisotopic (exact) mass is 507 g/mol. The van der Waals surface area contributed by atoms with Crippen LogP contribution in [-0.4, -0.2) is 39.2 Å². The molecule has 0 radical (unpaired) electrons. The molecule has 208 valence electrons. The van der Waals surface area contributed by atoms with Gasteiger partial charge in [-0.3, -0.25) is 4.18 Å². The lowest BCUT2D eigenvalue weighted by Gasteiger charge is -2.17. The van der Waals surface area contributed by atoms with Gasteiger partial charge in [-0.2, -0.15) is 0 Å². The normalized spacial score (nSPS) is 11.6. The topological polar surface area (TPSA) is 70.9 Å². The van der Waals surface area contributed by atoms with Crippen molar-refractivity contribution in [3.63, 3.8) is 0 Å². The first-order valence-corrected chi connectivity index (χ1v) is 16.2. The fraction of sp³-hybridized carbons (Fsp3) is 1.00. The van der Waals surface area contributed by atoms with Crippen LogP contribution in [0.15, 0.2) is 0 Å². The first kappa shape index (κ1) is 36.0. The van der Waals surface area contributed by atoms with Crippen molar-refractivity contribution in [1.82, 2.24) is 0 Å². The van der Waals surface area contributed by atoms with E-state index in [2.05, 4.69) is 25.0 Å². The molecule has 0 rings (SSSR count). The minimum absolute atomic E-state index is 0.0914. The summed E-state index contributed by atoms with van der Waals surface area (Å²) in [5.41, 5.74) is 0. The van der Waals surface area contributed by atoms with Crippen LogP contribution in [0.3, 0.4) is 0 Å². The van der Waals surface area contributed by atoms with E-state index in [1.165, 1.54) is 155 Å². The molecule has 1 N–H and O–H groups in total. The van der Waals surface area contributed by atoms with Gasteiger partial charge in [0.05, 0.1) is 26.2 Å². The van der Waals surface area contributed by atoms with E-state index in [4.69, 9.17) is 0 Å². The standard InChI is InChI=1S/C26H55N.C2H6O4S/c1-4-7-9-11-13-15-17-19-21-23-25-27(6-3)26-24-22-20-18-16-14-12-10-8-5-2;1-2-6-7(3,4)5/h4-26H2,1-3H3;2H2,1H3,(H,3,4,5). The molecule has 0 amide bonds. The van der Waals surface area contributed by atoms with Crippen LogP contribution in [0.4, 0.5) is 0 Å². The van der Waals surface area contributed by atoms with Crippen LogP contribution >= 0.6 is 0 Å². The molecule has 0 atom stereocenters. The van der Waals surface area contributed by atoms with Crippen molar-refractivity contribution in [1.29, 1.82) is 0 Å². The Kier molecular flexibility index (Phi) is 30.8. The number of hydrogen-bond acceptors (Lipinski definition) is 4. The number of rotatable bonds is 25. The predicted octanol–water partition coefficient (Wildman–Crippen LogP) is 7.22. The summed E-state index contributed by atoms with van der Waals surface area (Å²) in [7, 11) is -4.42. The van der Waals surface area contributed by atoms with Gasteiger partial charge in [0.25, 0.3) is 0 Å². The van der Waals surface area contributed by atoms with Crippen LogP contribution < -0.4 is 4.90 Å². The first-order valence-electron chi connectivity index (χ1n) is 14.8. The molecule has 0 aromatic rings. The van der Waals surface area contributed by atoms with E-state index in [0.717, 1.165) is 0 Å². The van der Waals surface area contributed by atoms with Crippen LogP contribution in [0, 0.1) is 0 Å². The van der Waals surface area contributed by atoms with E-state index < -0.39 is 10.4 Å². The van der Waals surface area contributed by atoms with E-state index in [1.807, 2.05) is 4.90 Å². The van der Waals surface area contributed by atoms with Gasteiger partial charge in [-0.25, -0.2) is 8.42 Å². The molecule has 0 unspecified atom stereocenters. The third-order valence-electron chi connectivity index (χ3n) is 6.53. The molecule has 0 aliphatic rings. The third kappa shape index (κ3) is 34.0. The lowest BCUT2D eigenvalue weighted by molar-refractivity contribution is -0.898. The van der Waals surface area contributed by atoms with Crippen LogP contribution in [0.2, 0.25) is 0 Å². The average Bonchev–Trinajstić information content (AvgIpc) is 2.79. The summed E-state index contributed by atoms with van der Waals surface area (Å²) in [6, 6.07) is 0. The zero-order valence-corrected chi connectivity index (χ0v) is 24.3. The van der Waals surface area contributed by atoms with E-state index >= 15 is 0 Å². The van der Waals surface area contributed by atoms with Gasteiger partial charge in [0.2, 0.25) is 10.4 Å². The minimum atomic E-state index is -4.42. The maximum atomic E-state index is 9.45. The molecule has 0 bridgehead atoms. The summed E-state index contributed by atoms with van der Waals surface area (Å²) in [5.74, 6) is 0. The summed E-state index contributed by atoms with van der Waals surface area (Å²) in [6.07, 6.45) is 29.2. The maximum absolute atomic E-state index is 9.45. The molecule has 0 aromatic carbocycles. The summed E-state index contributed by atoms with van der Waals surface area (Å²) < 4.78 is 32.0. The summed E-state index contributed by atoms with van der Waals surface area (Å²) in [4.78, 5) is 1.86. The highest BCUT2D eigenvalue weighted by atomic mass is 32.3. The molecular formula is C28H61NO4S. The molecule has 34 heavy (non-hydrogen) atoms. The minimum Gasteiger partial charge on any atom is -0.726 e. The molecule has 0 aliphatic carbocycles. The molecular weight excluding hydrogens is 446 g/mol. The molecule has 5 nitrogen and oxygen atoms in total. The Morgan fingerprint density at radius 2 is 0.824 bits per heavy atom. The Morgan fingerprint density at radius 3 is 1.03 bits per heavy atom. The van der Waals surface area contributed by atoms with E-state index in [0.29, 0.717) is 0 Å². The Labute approximate surface area is 214 Å². The third-order valence-corrected chi connectivity index (χ3v) is 7.05. The van der Waals surface area contributed by atoms with Crippen molar-refractivity contribution in [2.45, 2.75) is 156 Å². The van der Waals surface area contributed by atoms with Crippen molar-refractivity contribution in [2.75, 3.05) is 26.2 Å². The van der Waals surface area contributed by atoms with E-state index in [-0.39, 0.29) is 6.61 Å². The fourth-order valence-electron chi connectivity index (χ4n) is 4.35. The van der Waals surface area contributed by atoms with Crippen molar-refractivity contribution in [2.24, 2.45) is 0 Å². The van der Waals surface area contributed by atoms with Crippen molar-refractivity contribution >= 4 is 10.4 Å². The molecule has 0 spiro atoms. The zero-order chi connectivity index (χ0) is 25.8. The number of quaternary nitrogens is 1. The summed E-state index contributed by atoms with van der Waals surface area (Å²) in [5, 5.41) is 0. The van der Waals surface area contributed by atoms with E-state index in [1.54, 1.807) is 0 Å². The Bertz CT molecular complexity index is 447. The van der Waals surface area contributed by atoms with Gasteiger partial charge in [-0.15, -0.1) is 0 Å². The Balaban J connectivity index is 0.